The normalized spacial score (nSPS) is 15.1. The fraction of sp³-hybridized carbons (Fsp3) is 0.429. The van der Waals surface area contributed by atoms with Gasteiger partial charge in [0.2, 0.25) is 0 Å². The zero-order chi connectivity index (χ0) is 12.4. The Morgan fingerprint density at radius 2 is 2.06 bits per heavy atom. The van der Waals surface area contributed by atoms with Gasteiger partial charge in [-0.3, -0.25) is 4.79 Å². The van der Waals surface area contributed by atoms with E-state index in [0.29, 0.717) is 11.7 Å². The number of esters is 1. The summed E-state index contributed by atoms with van der Waals surface area (Å²) >= 11 is 0. The van der Waals surface area contributed by atoms with Crippen LogP contribution in [0.3, 0.4) is 0 Å². The van der Waals surface area contributed by atoms with Crippen molar-refractivity contribution >= 4 is 5.97 Å². The van der Waals surface area contributed by atoms with Crippen LogP contribution < -0.4 is 4.74 Å². The molecule has 1 radical (unpaired) electrons. The average Bonchev–Trinajstić information content (AvgIpc) is 3.10. The number of carbonyl (C=O) groups is 1. The highest BCUT2D eigenvalue weighted by molar-refractivity contribution is 5.69. The molecule has 1 fully saturated rings. The zero-order valence-electron chi connectivity index (χ0n) is 10.2. The third kappa shape index (κ3) is 3.07. The van der Waals surface area contributed by atoms with Crippen molar-refractivity contribution in [2.24, 2.45) is 0 Å². The van der Waals surface area contributed by atoms with Crippen molar-refractivity contribution in [2.45, 2.75) is 32.6 Å². The number of aliphatic hydroxyl groups is 1. The van der Waals surface area contributed by atoms with Crippen LogP contribution in [0.5, 0.6) is 5.75 Å². The van der Waals surface area contributed by atoms with Gasteiger partial charge in [-0.15, -0.1) is 0 Å². The summed E-state index contributed by atoms with van der Waals surface area (Å²) in [4.78, 5) is 11.0. The van der Waals surface area contributed by atoms with Crippen LogP contribution in [-0.2, 0) is 4.79 Å². The van der Waals surface area contributed by atoms with Crippen molar-refractivity contribution in [3.05, 3.63) is 35.2 Å². The molecule has 1 aliphatic carbocycles. The number of carbonyl (C=O) groups excluding carboxylic acids is 1. The van der Waals surface area contributed by atoms with Gasteiger partial charge >= 0.3 is 5.97 Å². The van der Waals surface area contributed by atoms with E-state index < -0.39 is 0 Å². The van der Waals surface area contributed by atoms with Crippen molar-refractivity contribution in [1.29, 1.82) is 0 Å². The molecule has 1 aromatic carbocycles. The molecule has 0 bridgehead atoms. The smallest absolute Gasteiger partial charge is 0.308 e. The van der Waals surface area contributed by atoms with Gasteiger partial charge in [-0.2, -0.15) is 0 Å². The molecule has 0 spiro atoms. The Hall–Kier alpha value is -1.35. The van der Waals surface area contributed by atoms with Gasteiger partial charge in [0.25, 0.3) is 0 Å². The molecule has 0 amide bonds. The van der Waals surface area contributed by atoms with Gasteiger partial charge < -0.3 is 9.84 Å². The Morgan fingerprint density at radius 1 is 1.35 bits per heavy atom. The molecule has 0 unspecified atom stereocenters. The molecule has 1 N–H and O–H groups in total. The molecule has 2 rings (SSSR count). The van der Waals surface area contributed by atoms with E-state index in [-0.39, 0.29) is 12.6 Å². The van der Waals surface area contributed by atoms with Crippen LogP contribution in [0.25, 0.3) is 0 Å². The number of hydrogen-bond donors (Lipinski definition) is 1. The molecule has 0 aromatic heterocycles. The molecule has 0 saturated heterocycles. The van der Waals surface area contributed by atoms with Crippen molar-refractivity contribution < 1.29 is 14.6 Å². The summed E-state index contributed by atoms with van der Waals surface area (Å²) in [6.07, 6.45) is 2.39. The quantitative estimate of drug-likeness (QED) is 0.641. The summed E-state index contributed by atoms with van der Waals surface area (Å²) in [7, 11) is 0. The molecule has 0 heterocycles. The van der Waals surface area contributed by atoms with Crippen molar-refractivity contribution in [2.75, 3.05) is 6.61 Å². The maximum absolute atomic E-state index is 11.0. The number of aliphatic hydroxyl groups excluding tert-OH is 1. The van der Waals surface area contributed by atoms with Crippen LogP contribution in [0.15, 0.2) is 18.2 Å². The van der Waals surface area contributed by atoms with Crippen molar-refractivity contribution in [3.8, 4) is 5.75 Å². The Bertz CT molecular complexity index is 421. The number of rotatable bonds is 4. The summed E-state index contributed by atoms with van der Waals surface area (Å²) < 4.78 is 5.13. The van der Waals surface area contributed by atoms with E-state index in [2.05, 4.69) is 6.07 Å². The van der Waals surface area contributed by atoms with E-state index in [1.54, 1.807) is 6.07 Å². The second-order valence-electron chi connectivity index (χ2n) is 4.60. The molecule has 0 atom stereocenters. The Kier molecular flexibility index (Phi) is 3.48. The summed E-state index contributed by atoms with van der Waals surface area (Å²) in [5.74, 6) is 1.74. The predicted octanol–water partition coefficient (Wildman–Crippen LogP) is 2.42. The van der Waals surface area contributed by atoms with Crippen LogP contribution in [0, 0.1) is 5.92 Å². The second kappa shape index (κ2) is 4.88. The first-order valence-electron chi connectivity index (χ1n) is 5.87. The van der Waals surface area contributed by atoms with Crippen LogP contribution in [-0.4, -0.2) is 17.7 Å². The molecule has 1 aliphatic rings. The van der Waals surface area contributed by atoms with Crippen molar-refractivity contribution in [3.63, 3.8) is 0 Å². The zero-order valence-corrected chi connectivity index (χ0v) is 10.2. The summed E-state index contributed by atoms with van der Waals surface area (Å²) in [5.41, 5.74) is 2.15. The second-order valence-corrected chi connectivity index (χ2v) is 4.60. The van der Waals surface area contributed by atoms with Crippen LogP contribution >= 0.6 is 0 Å². The SMILES string of the molecule is C[C](CO)c1cc(OC(C)=O)cc(C2CC2)c1. The Labute approximate surface area is 101 Å². The summed E-state index contributed by atoms with van der Waals surface area (Å²) in [6, 6.07) is 5.81. The third-order valence-electron chi connectivity index (χ3n) is 2.97. The first kappa shape index (κ1) is 12.1. The van der Waals surface area contributed by atoms with E-state index in [1.165, 1.54) is 25.3 Å². The van der Waals surface area contributed by atoms with Crippen molar-refractivity contribution in [1.82, 2.24) is 0 Å². The van der Waals surface area contributed by atoms with Crippen LogP contribution in [0.2, 0.25) is 0 Å². The molecule has 91 valence electrons. The number of benzene rings is 1. The lowest BCUT2D eigenvalue weighted by Gasteiger charge is -2.12. The summed E-state index contributed by atoms with van der Waals surface area (Å²) in [5, 5.41) is 9.16. The predicted molar refractivity (Wildman–Crippen MR) is 64.8 cm³/mol. The average molecular weight is 233 g/mol. The molecule has 0 aliphatic heterocycles. The fourth-order valence-corrected chi connectivity index (χ4v) is 1.84. The van der Waals surface area contributed by atoms with Gasteiger partial charge in [0, 0.05) is 12.8 Å². The van der Waals surface area contributed by atoms with E-state index in [4.69, 9.17) is 9.84 Å². The highest BCUT2D eigenvalue weighted by Crippen LogP contribution is 2.42. The fourth-order valence-electron chi connectivity index (χ4n) is 1.84. The minimum Gasteiger partial charge on any atom is -0.427 e. The molecule has 3 nitrogen and oxygen atoms in total. The summed E-state index contributed by atoms with van der Waals surface area (Å²) in [6.45, 7) is 3.29. The van der Waals surface area contributed by atoms with Crippen LogP contribution in [0.4, 0.5) is 0 Å². The number of hydrogen-bond acceptors (Lipinski definition) is 3. The molecular formula is C14H17O3. The minimum atomic E-state index is -0.314. The van der Waals surface area contributed by atoms with E-state index in [9.17, 15) is 4.79 Å². The topological polar surface area (TPSA) is 46.5 Å². The third-order valence-corrected chi connectivity index (χ3v) is 2.97. The molecule has 1 saturated carbocycles. The first-order valence-corrected chi connectivity index (χ1v) is 5.87. The molecule has 3 heteroatoms. The molecule has 17 heavy (non-hydrogen) atoms. The first-order chi connectivity index (χ1) is 8.10. The maximum Gasteiger partial charge on any atom is 0.308 e. The lowest BCUT2D eigenvalue weighted by Crippen LogP contribution is -2.05. The van der Waals surface area contributed by atoms with Gasteiger partial charge in [0.15, 0.2) is 0 Å². The minimum absolute atomic E-state index is 0.0215. The van der Waals surface area contributed by atoms with Crippen LogP contribution in [0.1, 0.15) is 43.7 Å². The Morgan fingerprint density at radius 3 is 2.59 bits per heavy atom. The van der Waals surface area contributed by atoms with Gasteiger partial charge in [0.1, 0.15) is 5.75 Å². The highest BCUT2D eigenvalue weighted by atomic mass is 16.5. The molecule has 1 aromatic rings. The maximum atomic E-state index is 11.0. The van der Waals surface area contributed by atoms with E-state index in [1.807, 2.05) is 13.0 Å². The lowest BCUT2D eigenvalue weighted by molar-refractivity contribution is -0.131. The Balaban J connectivity index is 2.31. The van der Waals surface area contributed by atoms with E-state index in [0.717, 1.165) is 11.5 Å². The van der Waals surface area contributed by atoms with Gasteiger partial charge in [0.05, 0.1) is 6.61 Å². The molecular weight excluding hydrogens is 216 g/mol. The van der Waals surface area contributed by atoms with Gasteiger partial charge in [-0.25, -0.2) is 0 Å². The standard InChI is InChI=1S/C14H17O3/c1-9(8-15)12-5-13(11-3-4-11)7-14(6-12)17-10(2)16/h5-7,11,15H,3-4,8H2,1-2H3. The largest absolute Gasteiger partial charge is 0.427 e. The lowest BCUT2D eigenvalue weighted by atomic mass is 9.97. The number of ether oxygens (including phenoxy) is 1. The monoisotopic (exact) mass is 233 g/mol. The van der Waals surface area contributed by atoms with E-state index >= 15 is 0 Å². The van der Waals surface area contributed by atoms with Gasteiger partial charge in [-0.05, 0) is 42.0 Å². The van der Waals surface area contributed by atoms with Gasteiger partial charge in [-0.1, -0.05) is 13.0 Å². The highest BCUT2D eigenvalue weighted by Gasteiger charge is 2.25.